The third-order valence-electron chi connectivity index (χ3n) is 7.36. The predicted octanol–water partition coefficient (Wildman–Crippen LogP) is 10.0. The molecule has 1 aliphatic rings. The first kappa shape index (κ1) is 22.8. The lowest BCUT2D eigenvalue weighted by Crippen LogP contribution is -2.15. The van der Waals surface area contributed by atoms with E-state index in [1.54, 1.807) is 0 Å². The van der Waals surface area contributed by atoms with Gasteiger partial charge in [0.15, 0.2) is 0 Å². The molecule has 0 atom stereocenters. The first-order valence-electron chi connectivity index (χ1n) is 12.4. The molecule has 0 nitrogen and oxygen atoms in total. The summed E-state index contributed by atoms with van der Waals surface area (Å²) in [5, 5.41) is 0. The summed E-state index contributed by atoms with van der Waals surface area (Å²) in [5.41, 5.74) is 12.8. The van der Waals surface area contributed by atoms with E-state index in [2.05, 4.69) is 157 Å². The van der Waals surface area contributed by atoms with E-state index >= 15 is 0 Å². The smallest absolute Gasteiger partial charge is 0.0178 e. The summed E-state index contributed by atoms with van der Waals surface area (Å²) in [7, 11) is 0. The van der Waals surface area contributed by atoms with E-state index in [0.29, 0.717) is 0 Å². The minimum absolute atomic E-state index is 0.0204. The molecule has 0 N–H and O–H groups in total. The van der Waals surface area contributed by atoms with Gasteiger partial charge in [-0.1, -0.05) is 133 Å². The molecule has 0 aliphatic heterocycles. The largest absolute Gasteiger partial charge is 0.0622 e. The van der Waals surface area contributed by atoms with Gasteiger partial charge in [-0.3, -0.25) is 0 Å². The van der Waals surface area contributed by atoms with Gasteiger partial charge in [0, 0.05) is 9.89 Å². The van der Waals surface area contributed by atoms with Crippen LogP contribution in [0.25, 0.3) is 33.9 Å². The molecule has 0 unspecified atom stereocenters. The first-order valence-corrected chi connectivity index (χ1v) is 13.2. The molecule has 36 heavy (non-hydrogen) atoms. The number of rotatable bonds is 4. The molecule has 0 bridgehead atoms. The fraction of sp³-hybridized carbons (Fsp3) is 0.0857. The third kappa shape index (κ3) is 4.04. The Bertz CT molecular complexity index is 1530. The van der Waals surface area contributed by atoms with Gasteiger partial charge in [0.05, 0.1) is 0 Å². The van der Waals surface area contributed by atoms with Crippen LogP contribution in [-0.2, 0) is 5.41 Å². The van der Waals surface area contributed by atoms with Crippen molar-refractivity contribution in [1.82, 2.24) is 0 Å². The van der Waals surface area contributed by atoms with Crippen LogP contribution in [0, 0.1) is 0 Å². The van der Waals surface area contributed by atoms with Crippen LogP contribution in [0.15, 0.2) is 126 Å². The Morgan fingerprint density at radius 3 is 1.72 bits per heavy atom. The van der Waals surface area contributed by atoms with Crippen LogP contribution >= 0.6 is 15.9 Å². The van der Waals surface area contributed by atoms with Crippen LogP contribution < -0.4 is 0 Å². The standard InChI is InChI=1S/C35H27Br/c1-35(2)33-22-28(17-19-30(33)31-20-18-29(36)23-34(31)35)25-15-13-24(14-16-25)21-32(26-9-5-3-6-10-26)27-11-7-4-8-12-27/h3-23H,1-2H3. The van der Waals surface area contributed by atoms with E-state index < -0.39 is 0 Å². The van der Waals surface area contributed by atoms with Gasteiger partial charge in [-0.25, -0.2) is 0 Å². The van der Waals surface area contributed by atoms with Crippen molar-refractivity contribution in [3.8, 4) is 22.3 Å². The Labute approximate surface area is 222 Å². The predicted molar refractivity (Wildman–Crippen MR) is 157 cm³/mol. The molecule has 0 saturated heterocycles. The molecule has 1 heteroatoms. The molecule has 0 saturated carbocycles. The normalized spacial score (nSPS) is 13.1. The number of halogens is 1. The summed E-state index contributed by atoms with van der Waals surface area (Å²) < 4.78 is 1.14. The molecular formula is C35H27Br. The minimum Gasteiger partial charge on any atom is -0.0622 e. The SMILES string of the molecule is CC1(C)c2cc(Br)ccc2-c2ccc(-c3ccc(C=C(c4ccccc4)c4ccccc4)cc3)cc21. The van der Waals surface area contributed by atoms with Crippen molar-refractivity contribution < 1.29 is 0 Å². The van der Waals surface area contributed by atoms with Crippen LogP contribution in [0.1, 0.15) is 41.7 Å². The van der Waals surface area contributed by atoms with E-state index in [1.807, 2.05) is 0 Å². The third-order valence-corrected chi connectivity index (χ3v) is 7.86. The van der Waals surface area contributed by atoms with E-state index in [-0.39, 0.29) is 5.41 Å². The average molecular weight is 528 g/mol. The molecule has 174 valence electrons. The molecule has 0 radical (unpaired) electrons. The van der Waals surface area contributed by atoms with Crippen molar-refractivity contribution in [3.05, 3.63) is 154 Å². The zero-order valence-corrected chi connectivity index (χ0v) is 22.1. The average Bonchev–Trinajstić information content (AvgIpc) is 3.14. The molecule has 0 fully saturated rings. The van der Waals surface area contributed by atoms with E-state index in [9.17, 15) is 0 Å². The topological polar surface area (TPSA) is 0 Å². The van der Waals surface area contributed by atoms with Gasteiger partial charge in [-0.15, -0.1) is 0 Å². The number of hydrogen-bond acceptors (Lipinski definition) is 0. The zero-order chi connectivity index (χ0) is 24.7. The van der Waals surface area contributed by atoms with Crippen molar-refractivity contribution in [2.75, 3.05) is 0 Å². The Kier molecular flexibility index (Phi) is 5.74. The summed E-state index contributed by atoms with van der Waals surface area (Å²) >= 11 is 3.66. The molecule has 0 spiro atoms. The Hall–Kier alpha value is -3.68. The molecule has 6 rings (SSSR count). The van der Waals surface area contributed by atoms with Gasteiger partial charge in [0.2, 0.25) is 0 Å². The summed E-state index contributed by atoms with van der Waals surface area (Å²) in [4.78, 5) is 0. The van der Waals surface area contributed by atoms with Gasteiger partial charge in [0.1, 0.15) is 0 Å². The fourth-order valence-electron chi connectivity index (χ4n) is 5.40. The van der Waals surface area contributed by atoms with Crippen molar-refractivity contribution in [1.29, 1.82) is 0 Å². The van der Waals surface area contributed by atoms with E-state index in [4.69, 9.17) is 0 Å². The van der Waals surface area contributed by atoms with Crippen LogP contribution in [0.4, 0.5) is 0 Å². The van der Waals surface area contributed by atoms with Crippen molar-refractivity contribution in [2.24, 2.45) is 0 Å². The summed E-state index contributed by atoms with van der Waals surface area (Å²) in [6.07, 6.45) is 2.29. The van der Waals surface area contributed by atoms with Crippen molar-refractivity contribution >= 4 is 27.6 Å². The number of hydrogen-bond donors (Lipinski definition) is 0. The molecule has 0 amide bonds. The summed E-state index contributed by atoms with van der Waals surface area (Å²) in [5.74, 6) is 0. The molecule has 0 aromatic heterocycles. The Morgan fingerprint density at radius 2 is 1.11 bits per heavy atom. The zero-order valence-electron chi connectivity index (χ0n) is 20.5. The summed E-state index contributed by atoms with van der Waals surface area (Å²) in [6, 6.07) is 43.8. The Morgan fingerprint density at radius 1 is 0.583 bits per heavy atom. The lowest BCUT2D eigenvalue weighted by molar-refractivity contribution is 0.660. The number of benzene rings is 5. The van der Waals surface area contributed by atoms with Crippen LogP contribution in [0.5, 0.6) is 0 Å². The highest BCUT2D eigenvalue weighted by atomic mass is 79.9. The van der Waals surface area contributed by atoms with Crippen LogP contribution in [0.2, 0.25) is 0 Å². The minimum atomic E-state index is -0.0204. The van der Waals surface area contributed by atoms with Crippen LogP contribution in [0.3, 0.4) is 0 Å². The lowest BCUT2D eigenvalue weighted by atomic mass is 9.81. The van der Waals surface area contributed by atoms with Crippen molar-refractivity contribution in [3.63, 3.8) is 0 Å². The maximum absolute atomic E-state index is 3.66. The van der Waals surface area contributed by atoms with Gasteiger partial charge < -0.3 is 0 Å². The number of fused-ring (bicyclic) bond motifs is 3. The van der Waals surface area contributed by atoms with E-state index in [0.717, 1.165) is 4.47 Å². The molecule has 5 aromatic carbocycles. The highest BCUT2D eigenvalue weighted by Crippen LogP contribution is 2.50. The summed E-state index contributed by atoms with van der Waals surface area (Å²) in [6.45, 7) is 4.66. The van der Waals surface area contributed by atoms with Gasteiger partial charge in [-0.05, 0) is 79.9 Å². The second kappa shape index (κ2) is 9.08. The monoisotopic (exact) mass is 526 g/mol. The molecule has 0 heterocycles. The fourth-order valence-corrected chi connectivity index (χ4v) is 5.76. The first-order chi connectivity index (χ1) is 17.5. The van der Waals surface area contributed by atoms with Gasteiger partial charge in [-0.2, -0.15) is 0 Å². The highest BCUT2D eigenvalue weighted by Gasteiger charge is 2.35. The van der Waals surface area contributed by atoms with Gasteiger partial charge in [0.25, 0.3) is 0 Å². The van der Waals surface area contributed by atoms with Crippen LogP contribution in [-0.4, -0.2) is 0 Å². The van der Waals surface area contributed by atoms with Crippen molar-refractivity contribution in [2.45, 2.75) is 19.3 Å². The molecule has 5 aromatic rings. The quantitative estimate of drug-likeness (QED) is 0.204. The Balaban J connectivity index is 1.36. The molecular weight excluding hydrogens is 500 g/mol. The van der Waals surface area contributed by atoms with Gasteiger partial charge >= 0.3 is 0 Å². The maximum Gasteiger partial charge on any atom is 0.0178 e. The molecule has 1 aliphatic carbocycles. The second-order valence-corrected chi connectivity index (χ2v) is 10.9. The second-order valence-electron chi connectivity index (χ2n) is 9.99. The lowest BCUT2D eigenvalue weighted by Gasteiger charge is -2.22. The maximum atomic E-state index is 3.66. The highest BCUT2D eigenvalue weighted by molar-refractivity contribution is 9.10. The van der Waals surface area contributed by atoms with E-state index in [1.165, 1.54) is 55.6 Å².